The second-order valence-electron chi connectivity index (χ2n) is 5.21. The molecule has 2 rings (SSSR count). The smallest absolute Gasteiger partial charge is 0.120 e. The Balaban J connectivity index is 1.75. The molecule has 1 heterocycles. The van der Waals surface area contributed by atoms with E-state index in [1.807, 2.05) is 24.3 Å². The second-order valence-corrected chi connectivity index (χ2v) is 7.76. The number of piperidine rings is 1. The van der Waals surface area contributed by atoms with Gasteiger partial charge in [0, 0.05) is 24.1 Å². The minimum absolute atomic E-state index is 0.00299. The Morgan fingerprint density at radius 2 is 2.19 bits per heavy atom. The number of rotatable bonds is 6. The lowest BCUT2D eigenvalue weighted by Crippen LogP contribution is -2.49. The molecule has 0 saturated carbocycles. The van der Waals surface area contributed by atoms with Gasteiger partial charge in [0.1, 0.15) is 12.4 Å². The number of hydrogen-bond acceptors (Lipinski definition) is 4. The van der Waals surface area contributed by atoms with Gasteiger partial charge in [-0.15, -0.1) is 0 Å². The molecule has 21 heavy (non-hydrogen) atoms. The number of benzene rings is 1. The molecule has 1 aromatic rings. The van der Waals surface area contributed by atoms with E-state index < -0.39 is 0 Å². The summed E-state index contributed by atoms with van der Waals surface area (Å²) >= 11 is 10.5. The third-order valence-electron chi connectivity index (χ3n) is 3.98. The molecule has 116 valence electrons. The molecule has 1 aromatic carbocycles. The van der Waals surface area contributed by atoms with Gasteiger partial charge in [-0.1, -0.05) is 34.2 Å². The highest BCUT2D eigenvalue weighted by Gasteiger charge is 2.36. The standard InChI is InChI=1S/C15H21BrN2OS2/c1-21-15(14(17)20)5-7-18(8-6-15)9-10-19-13-4-2-3-12(16)11-13/h2-4,11H,5-10H2,1H3,(H2,17,20). The Morgan fingerprint density at radius 1 is 1.48 bits per heavy atom. The third-order valence-corrected chi connectivity index (χ3v) is 6.40. The van der Waals surface area contributed by atoms with Crippen molar-refractivity contribution in [2.45, 2.75) is 17.6 Å². The molecule has 0 radical (unpaired) electrons. The van der Waals surface area contributed by atoms with Crippen LogP contribution in [0, 0.1) is 0 Å². The van der Waals surface area contributed by atoms with Crippen LogP contribution < -0.4 is 10.5 Å². The molecule has 1 fully saturated rings. The number of thioether (sulfide) groups is 1. The van der Waals surface area contributed by atoms with Crippen molar-refractivity contribution in [3.05, 3.63) is 28.7 Å². The maximum atomic E-state index is 5.91. The molecule has 0 aromatic heterocycles. The van der Waals surface area contributed by atoms with Gasteiger partial charge in [0.05, 0.1) is 9.74 Å². The lowest BCUT2D eigenvalue weighted by atomic mass is 9.95. The van der Waals surface area contributed by atoms with Gasteiger partial charge in [0.2, 0.25) is 0 Å². The van der Waals surface area contributed by atoms with Crippen molar-refractivity contribution in [2.75, 3.05) is 32.5 Å². The molecular formula is C15H21BrN2OS2. The van der Waals surface area contributed by atoms with Crippen molar-refractivity contribution >= 4 is 44.9 Å². The zero-order chi connectivity index (χ0) is 15.3. The normalized spacial score (nSPS) is 18.4. The first-order chi connectivity index (χ1) is 10.1. The molecular weight excluding hydrogens is 368 g/mol. The maximum absolute atomic E-state index is 5.91. The summed E-state index contributed by atoms with van der Waals surface area (Å²) in [5.74, 6) is 0.906. The van der Waals surface area contributed by atoms with Crippen LogP contribution in [-0.2, 0) is 0 Å². The molecule has 3 nitrogen and oxygen atoms in total. The van der Waals surface area contributed by atoms with Gasteiger partial charge in [-0.2, -0.15) is 11.8 Å². The first kappa shape index (κ1) is 17.1. The SMILES string of the molecule is CSC1(C(N)=S)CCN(CCOc2cccc(Br)c2)CC1. The molecule has 1 aliphatic rings. The van der Waals surface area contributed by atoms with Crippen LogP contribution in [0.2, 0.25) is 0 Å². The fraction of sp³-hybridized carbons (Fsp3) is 0.533. The van der Waals surface area contributed by atoms with Gasteiger partial charge in [0.25, 0.3) is 0 Å². The third kappa shape index (κ3) is 4.58. The highest BCUT2D eigenvalue weighted by Crippen LogP contribution is 2.34. The van der Waals surface area contributed by atoms with Crippen molar-refractivity contribution in [2.24, 2.45) is 5.73 Å². The average molecular weight is 389 g/mol. The number of nitrogens with zero attached hydrogens (tertiary/aromatic N) is 1. The van der Waals surface area contributed by atoms with Crippen molar-refractivity contribution in [1.29, 1.82) is 0 Å². The minimum Gasteiger partial charge on any atom is -0.492 e. The average Bonchev–Trinajstić information content (AvgIpc) is 2.48. The number of hydrogen-bond donors (Lipinski definition) is 1. The summed E-state index contributed by atoms with van der Waals surface area (Å²) in [5, 5.41) is 0. The van der Waals surface area contributed by atoms with E-state index in [2.05, 4.69) is 27.1 Å². The van der Waals surface area contributed by atoms with Gasteiger partial charge in [-0.3, -0.25) is 4.90 Å². The highest BCUT2D eigenvalue weighted by atomic mass is 79.9. The molecule has 0 spiro atoms. The lowest BCUT2D eigenvalue weighted by Gasteiger charge is -2.39. The van der Waals surface area contributed by atoms with Gasteiger partial charge in [0.15, 0.2) is 0 Å². The van der Waals surface area contributed by atoms with Crippen LogP contribution in [-0.4, -0.2) is 47.1 Å². The maximum Gasteiger partial charge on any atom is 0.120 e. The van der Waals surface area contributed by atoms with E-state index in [-0.39, 0.29) is 4.75 Å². The van der Waals surface area contributed by atoms with Crippen molar-refractivity contribution in [3.8, 4) is 5.75 Å². The van der Waals surface area contributed by atoms with Gasteiger partial charge < -0.3 is 10.5 Å². The minimum atomic E-state index is -0.00299. The number of likely N-dealkylation sites (tertiary alicyclic amines) is 1. The fourth-order valence-corrected chi connectivity index (χ4v) is 4.16. The summed E-state index contributed by atoms with van der Waals surface area (Å²) in [6, 6.07) is 7.94. The molecule has 2 N–H and O–H groups in total. The zero-order valence-electron chi connectivity index (χ0n) is 12.2. The molecule has 0 bridgehead atoms. The number of thiocarbonyl (C=S) groups is 1. The molecule has 0 aliphatic carbocycles. The summed E-state index contributed by atoms with van der Waals surface area (Å²) in [5.41, 5.74) is 5.91. The van der Waals surface area contributed by atoms with Crippen molar-refractivity contribution in [1.82, 2.24) is 4.90 Å². The van der Waals surface area contributed by atoms with Crippen LogP contribution in [0.25, 0.3) is 0 Å². The number of halogens is 1. The van der Waals surface area contributed by atoms with Gasteiger partial charge in [-0.05, 0) is 37.3 Å². The van der Waals surface area contributed by atoms with Crippen LogP contribution in [0.3, 0.4) is 0 Å². The van der Waals surface area contributed by atoms with Gasteiger partial charge >= 0.3 is 0 Å². The van der Waals surface area contributed by atoms with E-state index in [0.29, 0.717) is 11.6 Å². The van der Waals surface area contributed by atoms with E-state index in [1.165, 1.54) is 0 Å². The quantitative estimate of drug-likeness (QED) is 0.756. The first-order valence-electron chi connectivity index (χ1n) is 7.01. The lowest BCUT2D eigenvalue weighted by molar-refractivity contribution is 0.178. The second kappa shape index (κ2) is 7.81. The van der Waals surface area contributed by atoms with Crippen LogP contribution in [0.5, 0.6) is 5.75 Å². The fourth-order valence-electron chi connectivity index (χ4n) is 2.54. The van der Waals surface area contributed by atoms with Crippen LogP contribution >= 0.6 is 39.9 Å². The predicted octanol–water partition coefficient (Wildman–Crippen LogP) is 3.31. The predicted molar refractivity (Wildman–Crippen MR) is 98.3 cm³/mol. The Hall–Kier alpha value is -0.300. The Labute approximate surface area is 144 Å². The van der Waals surface area contributed by atoms with Crippen LogP contribution in [0.1, 0.15) is 12.8 Å². The molecule has 1 aliphatic heterocycles. The van der Waals surface area contributed by atoms with E-state index in [0.717, 1.165) is 42.7 Å². The summed E-state index contributed by atoms with van der Waals surface area (Å²) in [7, 11) is 0. The topological polar surface area (TPSA) is 38.5 Å². The molecule has 0 unspecified atom stereocenters. The Morgan fingerprint density at radius 3 is 2.76 bits per heavy atom. The Kier molecular flexibility index (Phi) is 6.34. The number of ether oxygens (including phenoxy) is 1. The van der Waals surface area contributed by atoms with E-state index >= 15 is 0 Å². The van der Waals surface area contributed by atoms with Gasteiger partial charge in [-0.25, -0.2) is 0 Å². The molecule has 0 atom stereocenters. The van der Waals surface area contributed by atoms with E-state index in [9.17, 15) is 0 Å². The summed E-state index contributed by atoms with van der Waals surface area (Å²) < 4.78 is 6.83. The monoisotopic (exact) mass is 388 g/mol. The molecule has 1 saturated heterocycles. The molecule has 6 heteroatoms. The summed E-state index contributed by atoms with van der Waals surface area (Å²) in [6.07, 6.45) is 4.16. The summed E-state index contributed by atoms with van der Waals surface area (Å²) in [6.45, 7) is 3.70. The van der Waals surface area contributed by atoms with Crippen molar-refractivity contribution in [3.63, 3.8) is 0 Å². The number of nitrogens with two attached hydrogens (primary N) is 1. The molecule has 0 amide bonds. The van der Waals surface area contributed by atoms with E-state index in [1.54, 1.807) is 11.8 Å². The van der Waals surface area contributed by atoms with Crippen molar-refractivity contribution < 1.29 is 4.74 Å². The zero-order valence-corrected chi connectivity index (χ0v) is 15.4. The largest absolute Gasteiger partial charge is 0.492 e. The summed E-state index contributed by atoms with van der Waals surface area (Å²) in [4.78, 5) is 3.07. The van der Waals surface area contributed by atoms with Crippen LogP contribution in [0.4, 0.5) is 0 Å². The van der Waals surface area contributed by atoms with E-state index in [4.69, 9.17) is 22.7 Å². The Bertz CT molecular complexity index is 490. The first-order valence-corrected chi connectivity index (χ1v) is 9.44. The highest BCUT2D eigenvalue weighted by molar-refractivity contribution is 9.10. The van der Waals surface area contributed by atoms with Crippen LogP contribution in [0.15, 0.2) is 28.7 Å².